The fraction of sp³-hybridized carbons (Fsp3) is 0.222. The van der Waals surface area contributed by atoms with Crippen LogP contribution >= 0.6 is 0 Å². The molecule has 0 radical (unpaired) electrons. The fourth-order valence-corrected chi connectivity index (χ4v) is 4.17. The quantitative estimate of drug-likeness (QED) is 0.515. The summed E-state index contributed by atoms with van der Waals surface area (Å²) in [5.74, 6) is 0.719. The minimum absolute atomic E-state index is 0.0518. The second-order valence-electron chi connectivity index (χ2n) is 7.73. The molecule has 1 atom stereocenters. The van der Waals surface area contributed by atoms with Crippen molar-refractivity contribution in [3.05, 3.63) is 102 Å². The van der Waals surface area contributed by atoms with E-state index in [1.54, 1.807) is 7.11 Å². The number of fused-ring (bicyclic) bond motifs is 1. The van der Waals surface area contributed by atoms with Crippen molar-refractivity contribution in [1.29, 1.82) is 0 Å². The van der Waals surface area contributed by atoms with E-state index >= 15 is 0 Å². The van der Waals surface area contributed by atoms with E-state index in [0.717, 1.165) is 36.3 Å². The third kappa shape index (κ3) is 5.15. The van der Waals surface area contributed by atoms with Gasteiger partial charge in [-0.3, -0.25) is 0 Å². The molecule has 3 aromatic carbocycles. The van der Waals surface area contributed by atoms with Gasteiger partial charge < -0.3 is 15.0 Å². The molecule has 0 saturated carbocycles. The van der Waals surface area contributed by atoms with Crippen LogP contribution in [0.3, 0.4) is 0 Å². The van der Waals surface area contributed by atoms with E-state index in [1.165, 1.54) is 11.1 Å². The molecule has 0 aliphatic heterocycles. The topological polar surface area (TPSA) is 41.6 Å². The SMILES string of the molecule is COc1cccc(NC(=O)N(C/C=C/c2ccccc2)C2CCCc3ccccc32)c1. The molecule has 31 heavy (non-hydrogen) atoms. The Hall–Kier alpha value is -3.53. The van der Waals surface area contributed by atoms with Crippen LogP contribution in [0.15, 0.2) is 84.9 Å². The fourth-order valence-electron chi connectivity index (χ4n) is 4.17. The number of rotatable bonds is 6. The number of nitrogens with zero attached hydrogens (tertiary/aromatic N) is 1. The van der Waals surface area contributed by atoms with Crippen LogP contribution in [0, 0.1) is 0 Å². The Morgan fingerprint density at radius 3 is 2.71 bits per heavy atom. The van der Waals surface area contributed by atoms with Crippen LogP contribution < -0.4 is 10.1 Å². The monoisotopic (exact) mass is 412 g/mol. The van der Waals surface area contributed by atoms with Crippen molar-refractivity contribution in [1.82, 2.24) is 4.90 Å². The molecule has 0 aromatic heterocycles. The first-order valence-corrected chi connectivity index (χ1v) is 10.8. The molecule has 0 bridgehead atoms. The van der Waals surface area contributed by atoms with Crippen molar-refractivity contribution >= 4 is 17.8 Å². The number of benzene rings is 3. The Morgan fingerprint density at radius 2 is 1.87 bits per heavy atom. The number of hydrogen-bond donors (Lipinski definition) is 1. The molecule has 4 heteroatoms. The number of aryl methyl sites for hydroxylation is 1. The summed E-state index contributed by atoms with van der Waals surface area (Å²) in [6.45, 7) is 0.531. The van der Waals surface area contributed by atoms with Gasteiger partial charge in [0, 0.05) is 18.3 Å². The van der Waals surface area contributed by atoms with E-state index in [9.17, 15) is 4.79 Å². The molecule has 1 unspecified atom stereocenters. The third-order valence-corrected chi connectivity index (χ3v) is 5.71. The molecule has 4 rings (SSSR count). The first-order chi connectivity index (χ1) is 15.2. The minimum atomic E-state index is -0.104. The number of carbonyl (C=O) groups is 1. The molecule has 1 N–H and O–H groups in total. The van der Waals surface area contributed by atoms with Gasteiger partial charge in [0.25, 0.3) is 0 Å². The number of carbonyl (C=O) groups excluding carboxylic acids is 1. The number of amides is 2. The average molecular weight is 413 g/mol. The molecule has 4 nitrogen and oxygen atoms in total. The Bertz CT molecular complexity index is 1050. The average Bonchev–Trinajstić information content (AvgIpc) is 2.82. The van der Waals surface area contributed by atoms with Crippen molar-refractivity contribution in [2.45, 2.75) is 25.3 Å². The highest BCUT2D eigenvalue weighted by atomic mass is 16.5. The molecular formula is C27H28N2O2. The Labute approximate surface area is 184 Å². The van der Waals surface area contributed by atoms with Crippen molar-refractivity contribution < 1.29 is 9.53 Å². The molecule has 0 saturated heterocycles. The number of nitrogens with one attached hydrogen (secondary N) is 1. The van der Waals surface area contributed by atoms with Gasteiger partial charge >= 0.3 is 6.03 Å². The lowest BCUT2D eigenvalue weighted by Gasteiger charge is -2.35. The summed E-state index contributed by atoms with van der Waals surface area (Å²) in [5, 5.41) is 3.07. The van der Waals surface area contributed by atoms with Gasteiger partial charge in [0.15, 0.2) is 0 Å². The van der Waals surface area contributed by atoms with Crippen LogP contribution in [0.25, 0.3) is 6.08 Å². The van der Waals surface area contributed by atoms with E-state index < -0.39 is 0 Å². The van der Waals surface area contributed by atoms with Gasteiger partial charge in [-0.1, -0.05) is 72.8 Å². The van der Waals surface area contributed by atoms with E-state index in [0.29, 0.717) is 6.54 Å². The zero-order chi connectivity index (χ0) is 21.5. The van der Waals surface area contributed by atoms with Crippen LogP contribution in [0.5, 0.6) is 5.75 Å². The number of methoxy groups -OCH3 is 1. The predicted molar refractivity (Wildman–Crippen MR) is 126 cm³/mol. The largest absolute Gasteiger partial charge is 0.497 e. The van der Waals surface area contributed by atoms with Gasteiger partial charge in [0.1, 0.15) is 5.75 Å². The maximum atomic E-state index is 13.4. The molecule has 0 heterocycles. The molecular weight excluding hydrogens is 384 g/mol. The number of ether oxygens (including phenoxy) is 1. The van der Waals surface area contributed by atoms with Crippen LogP contribution in [0.4, 0.5) is 10.5 Å². The standard InChI is InChI=1S/C27H28N2O2/c1-31-24-16-8-15-23(20-24)28-27(30)29(19-9-12-21-10-3-2-4-11-21)26-18-7-14-22-13-5-6-17-25(22)26/h2-6,8-13,15-17,20,26H,7,14,18-19H2,1H3,(H,28,30)/b12-9+. The van der Waals surface area contributed by atoms with Crippen LogP contribution in [-0.4, -0.2) is 24.6 Å². The second kappa shape index (κ2) is 9.98. The zero-order valence-corrected chi connectivity index (χ0v) is 17.8. The molecule has 0 spiro atoms. The maximum Gasteiger partial charge on any atom is 0.322 e. The summed E-state index contributed by atoms with van der Waals surface area (Å²) in [7, 11) is 1.63. The van der Waals surface area contributed by atoms with E-state index in [4.69, 9.17) is 4.74 Å². The van der Waals surface area contributed by atoms with Crippen molar-refractivity contribution in [2.75, 3.05) is 19.0 Å². The van der Waals surface area contributed by atoms with Crippen molar-refractivity contribution in [3.8, 4) is 5.75 Å². The molecule has 2 amide bonds. The summed E-state index contributed by atoms with van der Waals surface area (Å²) >= 11 is 0. The van der Waals surface area contributed by atoms with Crippen LogP contribution in [0.1, 0.15) is 35.6 Å². The first kappa shape index (κ1) is 20.7. The van der Waals surface area contributed by atoms with Crippen molar-refractivity contribution in [3.63, 3.8) is 0 Å². The summed E-state index contributed by atoms with van der Waals surface area (Å²) in [4.78, 5) is 15.3. The zero-order valence-electron chi connectivity index (χ0n) is 17.8. The predicted octanol–water partition coefficient (Wildman–Crippen LogP) is 6.32. The first-order valence-electron chi connectivity index (χ1n) is 10.8. The van der Waals surface area contributed by atoms with Gasteiger partial charge in [0.05, 0.1) is 13.2 Å². The lowest BCUT2D eigenvalue weighted by atomic mass is 9.87. The van der Waals surface area contributed by atoms with Crippen LogP contribution in [0.2, 0.25) is 0 Å². The van der Waals surface area contributed by atoms with Gasteiger partial charge in [-0.15, -0.1) is 0 Å². The highest BCUT2D eigenvalue weighted by Crippen LogP contribution is 2.34. The summed E-state index contributed by atoms with van der Waals surface area (Å²) in [6.07, 6.45) is 7.24. The normalized spacial score (nSPS) is 15.3. The molecule has 158 valence electrons. The molecule has 1 aliphatic carbocycles. The lowest BCUT2D eigenvalue weighted by molar-refractivity contribution is 0.188. The Balaban J connectivity index is 1.59. The smallest absolute Gasteiger partial charge is 0.322 e. The van der Waals surface area contributed by atoms with E-state index in [1.807, 2.05) is 47.4 Å². The summed E-state index contributed by atoms with van der Waals surface area (Å²) in [6, 6.07) is 26.1. The molecule has 1 aliphatic rings. The van der Waals surface area contributed by atoms with E-state index in [2.05, 4.69) is 53.9 Å². The summed E-state index contributed by atoms with van der Waals surface area (Å²) in [5.41, 5.74) is 4.44. The Kier molecular flexibility index (Phi) is 6.68. The van der Waals surface area contributed by atoms with Crippen molar-refractivity contribution in [2.24, 2.45) is 0 Å². The van der Waals surface area contributed by atoms with Gasteiger partial charge in [-0.2, -0.15) is 0 Å². The number of urea groups is 1. The highest BCUT2D eigenvalue weighted by molar-refractivity contribution is 5.90. The van der Waals surface area contributed by atoms with Gasteiger partial charge in [0.2, 0.25) is 0 Å². The number of hydrogen-bond acceptors (Lipinski definition) is 2. The van der Waals surface area contributed by atoms with E-state index in [-0.39, 0.29) is 12.1 Å². The second-order valence-corrected chi connectivity index (χ2v) is 7.73. The third-order valence-electron chi connectivity index (χ3n) is 5.71. The maximum absolute atomic E-state index is 13.4. The van der Waals surface area contributed by atoms with Gasteiger partial charge in [-0.05, 0) is 48.1 Å². The lowest BCUT2D eigenvalue weighted by Crippen LogP contribution is -2.39. The molecule has 0 fully saturated rings. The molecule has 3 aromatic rings. The highest BCUT2D eigenvalue weighted by Gasteiger charge is 2.28. The Morgan fingerprint density at radius 1 is 1.06 bits per heavy atom. The van der Waals surface area contributed by atoms with Crippen LogP contribution in [-0.2, 0) is 6.42 Å². The van der Waals surface area contributed by atoms with Gasteiger partial charge in [-0.25, -0.2) is 4.79 Å². The number of anilines is 1. The summed E-state index contributed by atoms with van der Waals surface area (Å²) < 4.78 is 5.30. The minimum Gasteiger partial charge on any atom is -0.497 e.